The maximum atomic E-state index is 5.49. The summed E-state index contributed by atoms with van der Waals surface area (Å²) in [6, 6.07) is 13.0. The van der Waals surface area contributed by atoms with Crippen molar-refractivity contribution in [3.63, 3.8) is 0 Å². The van der Waals surface area contributed by atoms with E-state index in [1.165, 1.54) is 22.3 Å². The molecular weight excluding hydrogens is 376 g/mol. The van der Waals surface area contributed by atoms with E-state index in [1.807, 2.05) is 7.05 Å². The molecule has 2 heterocycles. The zero-order valence-electron chi connectivity index (χ0n) is 18.3. The Morgan fingerprint density at radius 3 is 2.37 bits per heavy atom. The Kier molecular flexibility index (Phi) is 6.43. The van der Waals surface area contributed by atoms with Crippen LogP contribution in [0.3, 0.4) is 0 Å². The van der Waals surface area contributed by atoms with Gasteiger partial charge in [0.05, 0.1) is 14.2 Å². The van der Waals surface area contributed by atoms with Crippen LogP contribution in [0.25, 0.3) is 0 Å². The fourth-order valence-electron chi connectivity index (χ4n) is 4.47. The molecule has 0 saturated carbocycles. The summed E-state index contributed by atoms with van der Waals surface area (Å²) in [4.78, 5) is 9.37. The van der Waals surface area contributed by atoms with E-state index in [1.54, 1.807) is 14.2 Å². The van der Waals surface area contributed by atoms with Crippen molar-refractivity contribution in [2.75, 3.05) is 47.4 Å². The minimum atomic E-state index is 0.784. The highest BCUT2D eigenvalue weighted by atomic mass is 16.5. The molecule has 0 bridgehead atoms. The SMILES string of the molecule is CN=C(NCCN1CCc2ccccc2C1)N1CCc2cc(OC)c(OC)cc2C1. The molecule has 0 amide bonds. The van der Waals surface area contributed by atoms with Crippen molar-refractivity contribution in [2.45, 2.75) is 25.9 Å². The Bertz CT molecular complexity index is 912. The monoisotopic (exact) mass is 408 g/mol. The third kappa shape index (κ3) is 4.38. The van der Waals surface area contributed by atoms with Crippen LogP contribution in [0.15, 0.2) is 41.4 Å². The Balaban J connectivity index is 1.33. The second kappa shape index (κ2) is 9.39. The molecule has 4 rings (SSSR count). The molecule has 2 aliphatic heterocycles. The lowest BCUT2D eigenvalue weighted by molar-refractivity contribution is 0.256. The van der Waals surface area contributed by atoms with Gasteiger partial charge >= 0.3 is 0 Å². The van der Waals surface area contributed by atoms with E-state index in [0.29, 0.717) is 0 Å². The molecule has 0 saturated heterocycles. The Labute approximate surface area is 179 Å². The quantitative estimate of drug-likeness (QED) is 0.609. The highest BCUT2D eigenvalue weighted by Crippen LogP contribution is 2.33. The number of benzene rings is 2. The molecule has 1 N–H and O–H groups in total. The molecule has 2 aromatic rings. The predicted molar refractivity (Wildman–Crippen MR) is 120 cm³/mol. The molecular formula is C24H32N4O2. The van der Waals surface area contributed by atoms with Crippen molar-refractivity contribution in [1.82, 2.24) is 15.1 Å². The van der Waals surface area contributed by atoms with Gasteiger partial charge in [0.15, 0.2) is 17.5 Å². The van der Waals surface area contributed by atoms with Crippen molar-refractivity contribution >= 4 is 5.96 Å². The van der Waals surface area contributed by atoms with Crippen molar-refractivity contribution in [2.24, 2.45) is 4.99 Å². The smallest absolute Gasteiger partial charge is 0.194 e. The molecule has 0 unspecified atom stereocenters. The van der Waals surface area contributed by atoms with Gasteiger partial charge in [0.2, 0.25) is 0 Å². The number of nitrogens with one attached hydrogen (secondary N) is 1. The predicted octanol–water partition coefficient (Wildman–Crippen LogP) is 2.70. The standard InChI is InChI=1S/C24H32N4O2/c1-25-24(26-10-13-27-11-8-18-6-4-5-7-20(18)16-27)28-12-9-19-14-22(29-2)23(30-3)15-21(19)17-28/h4-7,14-15H,8-13,16-17H2,1-3H3,(H,25,26). The molecule has 0 spiro atoms. The van der Waals surface area contributed by atoms with Gasteiger partial charge in [-0.05, 0) is 47.2 Å². The molecule has 0 fully saturated rings. The molecule has 30 heavy (non-hydrogen) atoms. The number of fused-ring (bicyclic) bond motifs is 2. The second-order valence-electron chi connectivity index (χ2n) is 7.92. The molecule has 2 aromatic carbocycles. The number of methoxy groups -OCH3 is 2. The summed E-state index contributed by atoms with van der Waals surface area (Å²) in [7, 11) is 5.24. The van der Waals surface area contributed by atoms with E-state index in [4.69, 9.17) is 9.47 Å². The van der Waals surface area contributed by atoms with Crippen molar-refractivity contribution < 1.29 is 9.47 Å². The van der Waals surface area contributed by atoms with Crippen molar-refractivity contribution in [1.29, 1.82) is 0 Å². The number of rotatable bonds is 5. The van der Waals surface area contributed by atoms with Crippen LogP contribution in [0.2, 0.25) is 0 Å². The first-order chi connectivity index (χ1) is 14.7. The lowest BCUT2D eigenvalue weighted by Crippen LogP contribution is -2.46. The maximum absolute atomic E-state index is 5.49. The molecule has 2 aliphatic rings. The first-order valence-corrected chi connectivity index (χ1v) is 10.7. The third-order valence-corrected chi connectivity index (χ3v) is 6.15. The van der Waals surface area contributed by atoms with Crippen LogP contribution in [0.4, 0.5) is 0 Å². The first-order valence-electron chi connectivity index (χ1n) is 10.7. The molecule has 6 heteroatoms. The fourth-order valence-corrected chi connectivity index (χ4v) is 4.47. The van der Waals surface area contributed by atoms with Crippen LogP contribution in [0.1, 0.15) is 22.3 Å². The average molecular weight is 409 g/mol. The minimum absolute atomic E-state index is 0.784. The van der Waals surface area contributed by atoms with Gasteiger partial charge in [0, 0.05) is 46.3 Å². The van der Waals surface area contributed by atoms with Gasteiger partial charge in [-0.3, -0.25) is 9.89 Å². The lowest BCUT2D eigenvalue weighted by Gasteiger charge is -2.33. The van der Waals surface area contributed by atoms with Gasteiger partial charge in [-0.25, -0.2) is 0 Å². The third-order valence-electron chi connectivity index (χ3n) is 6.15. The Hall–Kier alpha value is -2.73. The van der Waals surface area contributed by atoms with Gasteiger partial charge in [0.1, 0.15) is 0 Å². The van der Waals surface area contributed by atoms with Crippen LogP contribution in [-0.2, 0) is 25.9 Å². The molecule has 0 aliphatic carbocycles. The van der Waals surface area contributed by atoms with Gasteiger partial charge in [-0.2, -0.15) is 0 Å². The topological polar surface area (TPSA) is 49.3 Å². The van der Waals surface area contributed by atoms with E-state index >= 15 is 0 Å². The van der Waals surface area contributed by atoms with Crippen LogP contribution in [-0.4, -0.2) is 63.2 Å². The molecule has 160 valence electrons. The summed E-state index contributed by atoms with van der Waals surface area (Å²) < 4.78 is 10.9. The molecule has 6 nitrogen and oxygen atoms in total. The summed E-state index contributed by atoms with van der Waals surface area (Å²) in [6.45, 7) is 5.84. The largest absolute Gasteiger partial charge is 0.493 e. The zero-order valence-corrected chi connectivity index (χ0v) is 18.3. The first kappa shape index (κ1) is 20.5. The van der Waals surface area contributed by atoms with E-state index in [9.17, 15) is 0 Å². The average Bonchev–Trinajstić information content (AvgIpc) is 2.80. The van der Waals surface area contributed by atoms with E-state index in [-0.39, 0.29) is 0 Å². The lowest BCUT2D eigenvalue weighted by atomic mass is 9.99. The summed E-state index contributed by atoms with van der Waals surface area (Å²) in [5, 5.41) is 3.57. The molecule has 0 aromatic heterocycles. The van der Waals surface area contributed by atoms with Crippen LogP contribution < -0.4 is 14.8 Å². The fraction of sp³-hybridized carbons (Fsp3) is 0.458. The number of hydrogen-bond donors (Lipinski definition) is 1. The van der Waals surface area contributed by atoms with Gasteiger partial charge < -0.3 is 19.7 Å². The highest BCUT2D eigenvalue weighted by molar-refractivity contribution is 5.80. The van der Waals surface area contributed by atoms with Crippen LogP contribution >= 0.6 is 0 Å². The number of nitrogens with zero attached hydrogens (tertiary/aromatic N) is 3. The van der Waals surface area contributed by atoms with Gasteiger partial charge in [-0.1, -0.05) is 24.3 Å². The number of hydrogen-bond acceptors (Lipinski definition) is 4. The van der Waals surface area contributed by atoms with Gasteiger partial charge in [-0.15, -0.1) is 0 Å². The van der Waals surface area contributed by atoms with Crippen LogP contribution in [0, 0.1) is 0 Å². The van der Waals surface area contributed by atoms with E-state index in [2.05, 4.69) is 56.5 Å². The Morgan fingerprint density at radius 2 is 1.63 bits per heavy atom. The minimum Gasteiger partial charge on any atom is -0.493 e. The summed E-state index contributed by atoms with van der Waals surface area (Å²) in [6.07, 6.45) is 2.11. The van der Waals surface area contributed by atoms with E-state index < -0.39 is 0 Å². The highest BCUT2D eigenvalue weighted by Gasteiger charge is 2.22. The number of ether oxygens (including phenoxy) is 2. The van der Waals surface area contributed by atoms with E-state index in [0.717, 1.165) is 69.6 Å². The molecule has 0 radical (unpaired) electrons. The second-order valence-corrected chi connectivity index (χ2v) is 7.92. The summed E-state index contributed by atoms with van der Waals surface area (Å²) in [5.41, 5.74) is 5.56. The molecule has 0 atom stereocenters. The normalized spacial score (nSPS) is 16.6. The maximum Gasteiger partial charge on any atom is 0.194 e. The van der Waals surface area contributed by atoms with Crippen molar-refractivity contribution in [3.8, 4) is 11.5 Å². The summed E-state index contributed by atoms with van der Waals surface area (Å²) in [5.74, 6) is 2.55. The zero-order chi connectivity index (χ0) is 20.9. The van der Waals surface area contributed by atoms with Crippen LogP contribution in [0.5, 0.6) is 11.5 Å². The Morgan fingerprint density at radius 1 is 0.933 bits per heavy atom. The number of aliphatic imine (C=N–C) groups is 1. The van der Waals surface area contributed by atoms with Crippen molar-refractivity contribution in [3.05, 3.63) is 58.7 Å². The number of guanidine groups is 1. The van der Waals surface area contributed by atoms with Gasteiger partial charge in [0.25, 0.3) is 0 Å². The summed E-state index contributed by atoms with van der Waals surface area (Å²) >= 11 is 0.